The lowest BCUT2D eigenvalue weighted by molar-refractivity contribution is 0.181. The highest BCUT2D eigenvalue weighted by molar-refractivity contribution is 5.74. The smallest absolute Gasteiger partial charge is 0.317 e. The van der Waals surface area contributed by atoms with Crippen LogP contribution in [0.3, 0.4) is 0 Å². The van der Waals surface area contributed by atoms with Crippen LogP contribution in [0, 0.1) is 0 Å². The van der Waals surface area contributed by atoms with Gasteiger partial charge in [0.2, 0.25) is 11.8 Å². The zero-order valence-corrected chi connectivity index (χ0v) is 14.2. The third kappa shape index (κ3) is 4.82. The van der Waals surface area contributed by atoms with Crippen molar-refractivity contribution in [2.24, 2.45) is 0 Å². The van der Waals surface area contributed by atoms with Crippen molar-refractivity contribution in [2.45, 2.75) is 18.9 Å². The Labute approximate surface area is 147 Å². The number of likely N-dealkylation sites (tertiary alicyclic amines) is 1. The Balaban J connectivity index is 1.43. The summed E-state index contributed by atoms with van der Waals surface area (Å²) in [7, 11) is 1.53. The van der Waals surface area contributed by atoms with Gasteiger partial charge in [-0.05, 0) is 12.0 Å². The van der Waals surface area contributed by atoms with Gasteiger partial charge in [-0.2, -0.15) is 4.98 Å². The lowest BCUT2D eigenvalue weighted by atomic mass is 10.1. The monoisotopic (exact) mass is 342 g/mol. The van der Waals surface area contributed by atoms with Crippen molar-refractivity contribution in [2.75, 3.05) is 26.7 Å². The molecule has 1 saturated heterocycles. The number of urea groups is 1. The van der Waals surface area contributed by atoms with Crippen LogP contribution in [-0.4, -0.2) is 53.7 Å². The lowest BCUT2D eigenvalue weighted by Crippen LogP contribution is -2.40. The molecule has 1 aromatic heterocycles. The Morgan fingerprint density at radius 2 is 2.08 bits per heavy atom. The molecule has 1 N–H and O–H groups in total. The molecule has 0 unspecified atom stereocenters. The van der Waals surface area contributed by atoms with Crippen molar-refractivity contribution in [1.29, 1.82) is 0 Å². The minimum Gasteiger partial charge on any atom is -0.480 e. The number of ether oxygens (including phenoxy) is 2. The van der Waals surface area contributed by atoms with Crippen LogP contribution in [0.1, 0.15) is 12.0 Å². The summed E-state index contributed by atoms with van der Waals surface area (Å²) in [6.45, 7) is 1.82. The predicted molar refractivity (Wildman–Crippen MR) is 92.7 cm³/mol. The number of methoxy groups -OCH3 is 1. The molecule has 2 heterocycles. The normalized spacial score (nSPS) is 16.5. The molecule has 2 aromatic rings. The van der Waals surface area contributed by atoms with E-state index in [1.54, 1.807) is 11.1 Å². The van der Waals surface area contributed by atoms with Gasteiger partial charge in [0.05, 0.1) is 26.0 Å². The van der Waals surface area contributed by atoms with Gasteiger partial charge < -0.3 is 19.7 Å². The van der Waals surface area contributed by atoms with E-state index >= 15 is 0 Å². The van der Waals surface area contributed by atoms with Crippen molar-refractivity contribution >= 4 is 6.03 Å². The zero-order chi connectivity index (χ0) is 17.5. The van der Waals surface area contributed by atoms with Crippen LogP contribution in [0.4, 0.5) is 4.79 Å². The molecule has 1 aromatic carbocycles. The van der Waals surface area contributed by atoms with Gasteiger partial charge in [0.25, 0.3) is 0 Å². The van der Waals surface area contributed by atoms with E-state index in [-0.39, 0.29) is 12.1 Å². The van der Waals surface area contributed by atoms with Gasteiger partial charge in [0.1, 0.15) is 6.10 Å². The third-order valence-corrected chi connectivity index (χ3v) is 4.05. The summed E-state index contributed by atoms with van der Waals surface area (Å²) in [5.41, 5.74) is 1.21. The van der Waals surface area contributed by atoms with Crippen LogP contribution >= 0.6 is 0 Å². The maximum Gasteiger partial charge on any atom is 0.317 e. The summed E-state index contributed by atoms with van der Waals surface area (Å²) in [6.07, 6.45) is 4.57. The number of nitrogens with zero attached hydrogens (tertiary/aromatic N) is 3. The van der Waals surface area contributed by atoms with Crippen molar-refractivity contribution in [1.82, 2.24) is 20.2 Å². The number of carbonyl (C=O) groups is 1. The number of carbonyl (C=O) groups excluding carboxylic acids is 1. The molecule has 25 heavy (non-hydrogen) atoms. The van der Waals surface area contributed by atoms with Gasteiger partial charge in [-0.15, -0.1) is 0 Å². The number of amides is 2. The summed E-state index contributed by atoms with van der Waals surface area (Å²) in [5, 5.41) is 2.96. The molecule has 1 fully saturated rings. The number of rotatable bonds is 6. The van der Waals surface area contributed by atoms with Crippen molar-refractivity contribution in [3.05, 3.63) is 48.3 Å². The molecule has 0 saturated carbocycles. The molecule has 132 valence electrons. The highest BCUT2D eigenvalue weighted by Crippen LogP contribution is 2.17. The topological polar surface area (TPSA) is 76.6 Å². The van der Waals surface area contributed by atoms with E-state index < -0.39 is 0 Å². The van der Waals surface area contributed by atoms with E-state index in [0.717, 1.165) is 12.8 Å². The molecular weight excluding hydrogens is 320 g/mol. The fraction of sp³-hybridized carbons (Fsp3) is 0.389. The Hall–Kier alpha value is -2.83. The second kappa shape index (κ2) is 8.32. The second-order valence-electron chi connectivity index (χ2n) is 5.84. The fourth-order valence-corrected chi connectivity index (χ4v) is 2.74. The van der Waals surface area contributed by atoms with Crippen molar-refractivity contribution < 1.29 is 14.3 Å². The lowest BCUT2D eigenvalue weighted by Gasteiger charge is -2.17. The van der Waals surface area contributed by atoms with Gasteiger partial charge in [0.15, 0.2) is 0 Å². The van der Waals surface area contributed by atoms with Gasteiger partial charge >= 0.3 is 6.03 Å². The first-order valence-corrected chi connectivity index (χ1v) is 8.34. The molecule has 3 rings (SSSR count). The Morgan fingerprint density at radius 3 is 2.88 bits per heavy atom. The maximum atomic E-state index is 12.2. The van der Waals surface area contributed by atoms with E-state index in [2.05, 4.69) is 27.4 Å². The molecular formula is C18H22N4O3. The Kier molecular flexibility index (Phi) is 5.66. The molecule has 0 aliphatic carbocycles. The van der Waals surface area contributed by atoms with E-state index in [1.807, 2.05) is 18.2 Å². The number of benzene rings is 1. The van der Waals surface area contributed by atoms with Gasteiger partial charge in [-0.25, -0.2) is 4.79 Å². The van der Waals surface area contributed by atoms with Crippen molar-refractivity contribution in [3.8, 4) is 11.8 Å². The van der Waals surface area contributed by atoms with Crippen LogP contribution < -0.4 is 14.8 Å². The summed E-state index contributed by atoms with van der Waals surface area (Å²) in [4.78, 5) is 22.2. The first-order chi connectivity index (χ1) is 12.2. The predicted octanol–water partition coefficient (Wildman–Crippen LogP) is 1.89. The van der Waals surface area contributed by atoms with Gasteiger partial charge in [-0.1, -0.05) is 30.3 Å². The molecule has 7 heteroatoms. The van der Waals surface area contributed by atoms with Crippen LogP contribution in [0.2, 0.25) is 0 Å². The molecule has 7 nitrogen and oxygen atoms in total. The Morgan fingerprint density at radius 1 is 1.28 bits per heavy atom. The average molecular weight is 342 g/mol. The van der Waals surface area contributed by atoms with E-state index in [9.17, 15) is 4.79 Å². The maximum absolute atomic E-state index is 12.2. The first-order valence-electron chi connectivity index (χ1n) is 8.34. The number of hydrogen-bond donors (Lipinski definition) is 1. The van der Waals surface area contributed by atoms with Crippen LogP contribution in [-0.2, 0) is 6.42 Å². The van der Waals surface area contributed by atoms with Crippen LogP contribution in [0.15, 0.2) is 42.7 Å². The summed E-state index contributed by atoms with van der Waals surface area (Å²) >= 11 is 0. The second-order valence-corrected chi connectivity index (χ2v) is 5.84. The molecule has 0 bridgehead atoms. The minimum absolute atomic E-state index is 0.0567. The highest BCUT2D eigenvalue weighted by Gasteiger charge is 2.27. The molecule has 1 aliphatic heterocycles. The average Bonchev–Trinajstić information content (AvgIpc) is 3.11. The minimum atomic E-state index is -0.0821. The van der Waals surface area contributed by atoms with Crippen molar-refractivity contribution in [3.63, 3.8) is 0 Å². The number of aromatic nitrogens is 2. The zero-order valence-electron chi connectivity index (χ0n) is 14.2. The van der Waals surface area contributed by atoms with Gasteiger partial charge in [0, 0.05) is 19.5 Å². The fourth-order valence-electron chi connectivity index (χ4n) is 2.74. The number of nitrogens with one attached hydrogen (secondary N) is 1. The summed E-state index contributed by atoms with van der Waals surface area (Å²) < 4.78 is 10.8. The molecule has 0 spiro atoms. The Bertz CT molecular complexity index is 696. The third-order valence-electron chi connectivity index (χ3n) is 4.05. The molecule has 1 atom stereocenters. The quantitative estimate of drug-likeness (QED) is 0.867. The highest BCUT2D eigenvalue weighted by atomic mass is 16.5. The van der Waals surface area contributed by atoms with E-state index in [0.29, 0.717) is 31.4 Å². The van der Waals surface area contributed by atoms with Crippen LogP contribution in [0.5, 0.6) is 11.8 Å². The van der Waals surface area contributed by atoms with Crippen LogP contribution in [0.25, 0.3) is 0 Å². The largest absolute Gasteiger partial charge is 0.480 e. The number of hydrogen-bond acceptors (Lipinski definition) is 5. The summed E-state index contributed by atoms with van der Waals surface area (Å²) in [5.74, 6) is 0.821. The van der Waals surface area contributed by atoms with E-state index in [4.69, 9.17) is 9.47 Å². The first kappa shape index (κ1) is 17.0. The molecule has 0 radical (unpaired) electrons. The SMILES string of the molecule is COc1cncc(O[C@@H]2CCN(C(=O)NCCc3ccccc3)C2)n1. The van der Waals surface area contributed by atoms with Gasteiger partial charge in [-0.3, -0.25) is 4.98 Å². The standard InChI is InChI=1S/C18H22N4O3/c1-24-16-11-19-12-17(21-16)25-15-8-10-22(13-15)18(23)20-9-7-14-5-3-2-4-6-14/h2-6,11-12,15H,7-10,13H2,1H3,(H,20,23)/t15-/m1/s1. The molecule has 2 amide bonds. The molecule has 1 aliphatic rings. The van der Waals surface area contributed by atoms with E-state index in [1.165, 1.54) is 18.9 Å². The summed E-state index contributed by atoms with van der Waals surface area (Å²) in [6, 6.07) is 10.0.